The average molecular weight is 364 g/mol. The Hall–Kier alpha value is -1.65. The van der Waals surface area contributed by atoms with Gasteiger partial charge in [-0.15, -0.1) is 0 Å². The maximum Gasteiger partial charge on any atom is 0.260 e. The van der Waals surface area contributed by atoms with Crippen molar-refractivity contribution in [1.82, 2.24) is 5.32 Å². The maximum absolute atomic E-state index is 12.0. The second-order valence-corrected chi connectivity index (χ2v) is 7.02. The standard InChI is InChI=1S/C19H22ClNO2S/c1-14-7-9-17(10-8-14)23-15(2)19(22)21-11-12-24-13-16-5-3-4-6-18(16)20/h3-10,15H,11-13H2,1-2H3,(H,21,22)/t15-/m0/s1. The number of carbonyl (C=O) groups excluding carboxylic acids is 1. The van der Waals surface area contributed by atoms with Gasteiger partial charge in [0.05, 0.1) is 0 Å². The topological polar surface area (TPSA) is 38.3 Å². The van der Waals surface area contributed by atoms with Crippen molar-refractivity contribution in [1.29, 1.82) is 0 Å². The SMILES string of the molecule is Cc1ccc(O[C@@H](C)C(=O)NCCSCc2ccccc2Cl)cc1. The zero-order valence-corrected chi connectivity index (χ0v) is 15.5. The van der Waals surface area contributed by atoms with Crippen molar-refractivity contribution in [2.45, 2.75) is 25.7 Å². The highest BCUT2D eigenvalue weighted by Gasteiger charge is 2.13. The molecule has 1 N–H and O–H groups in total. The molecule has 1 atom stereocenters. The molecular weight excluding hydrogens is 342 g/mol. The van der Waals surface area contributed by atoms with E-state index in [4.69, 9.17) is 16.3 Å². The van der Waals surface area contributed by atoms with Crippen molar-refractivity contribution < 1.29 is 9.53 Å². The molecule has 0 radical (unpaired) electrons. The second kappa shape index (κ2) is 9.60. The van der Waals surface area contributed by atoms with Gasteiger partial charge in [0.25, 0.3) is 5.91 Å². The molecule has 0 saturated heterocycles. The van der Waals surface area contributed by atoms with Crippen LogP contribution in [-0.2, 0) is 10.5 Å². The lowest BCUT2D eigenvalue weighted by Gasteiger charge is -2.14. The summed E-state index contributed by atoms with van der Waals surface area (Å²) in [4.78, 5) is 12.0. The Labute approximate surface area is 152 Å². The molecule has 0 aliphatic heterocycles. The smallest absolute Gasteiger partial charge is 0.260 e. The van der Waals surface area contributed by atoms with E-state index in [0.717, 1.165) is 27.7 Å². The van der Waals surface area contributed by atoms with E-state index < -0.39 is 6.10 Å². The Kier molecular flexibility index (Phi) is 7.47. The first kappa shape index (κ1) is 18.7. The summed E-state index contributed by atoms with van der Waals surface area (Å²) in [5, 5.41) is 3.68. The van der Waals surface area contributed by atoms with E-state index in [1.807, 2.05) is 55.5 Å². The highest BCUT2D eigenvalue weighted by Crippen LogP contribution is 2.20. The highest BCUT2D eigenvalue weighted by molar-refractivity contribution is 7.98. The van der Waals surface area contributed by atoms with Gasteiger partial charge in [0.15, 0.2) is 6.10 Å². The Morgan fingerprint density at radius 1 is 1.21 bits per heavy atom. The van der Waals surface area contributed by atoms with Crippen molar-refractivity contribution >= 4 is 29.3 Å². The number of amides is 1. The number of hydrogen-bond donors (Lipinski definition) is 1. The van der Waals surface area contributed by atoms with Crippen LogP contribution in [0.2, 0.25) is 5.02 Å². The summed E-state index contributed by atoms with van der Waals surface area (Å²) in [6, 6.07) is 15.5. The zero-order valence-electron chi connectivity index (χ0n) is 13.9. The molecule has 0 spiro atoms. The predicted molar refractivity (Wildman–Crippen MR) is 102 cm³/mol. The van der Waals surface area contributed by atoms with Crippen LogP contribution in [0.1, 0.15) is 18.1 Å². The number of benzene rings is 2. The van der Waals surface area contributed by atoms with Gasteiger partial charge in [-0.25, -0.2) is 0 Å². The van der Waals surface area contributed by atoms with Crippen LogP contribution >= 0.6 is 23.4 Å². The molecule has 5 heteroatoms. The summed E-state index contributed by atoms with van der Waals surface area (Å²) in [6.45, 7) is 4.38. The minimum absolute atomic E-state index is 0.103. The third kappa shape index (κ3) is 6.10. The van der Waals surface area contributed by atoms with E-state index in [2.05, 4.69) is 5.32 Å². The minimum atomic E-state index is -0.513. The van der Waals surface area contributed by atoms with Crippen LogP contribution in [-0.4, -0.2) is 24.3 Å². The molecule has 1 amide bonds. The third-order valence-electron chi connectivity index (χ3n) is 3.46. The average Bonchev–Trinajstić information content (AvgIpc) is 2.58. The first-order valence-corrected chi connectivity index (χ1v) is 9.41. The third-order valence-corrected chi connectivity index (χ3v) is 4.84. The Bertz CT molecular complexity index is 661. The number of hydrogen-bond acceptors (Lipinski definition) is 3. The lowest BCUT2D eigenvalue weighted by molar-refractivity contribution is -0.127. The Balaban J connectivity index is 1.65. The maximum atomic E-state index is 12.0. The van der Waals surface area contributed by atoms with E-state index in [1.54, 1.807) is 18.7 Å². The molecule has 0 aliphatic carbocycles. The molecule has 0 unspecified atom stereocenters. The van der Waals surface area contributed by atoms with Crippen molar-refractivity contribution in [3.8, 4) is 5.75 Å². The Morgan fingerprint density at radius 3 is 2.62 bits per heavy atom. The van der Waals surface area contributed by atoms with Gasteiger partial charge < -0.3 is 10.1 Å². The quantitative estimate of drug-likeness (QED) is 0.703. The van der Waals surface area contributed by atoms with Gasteiger partial charge in [0.1, 0.15) is 5.75 Å². The van der Waals surface area contributed by atoms with E-state index in [1.165, 1.54) is 0 Å². The number of rotatable bonds is 8. The normalized spacial score (nSPS) is 11.8. The van der Waals surface area contributed by atoms with Crippen LogP contribution in [0.15, 0.2) is 48.5 Å². The molecule has 128 valence electrons. The lowest BCUT2D eigenvalue weighted by atomic mass is 10.2. The summed E-state index contributed by atoms with van der Waals surface area (Å²) >= 11 is 7.86. The van der Waals surface area contributed by atoms with E-state index in [-0.39, 0.29) is 5.91 Å². The van der Waals surface area contributed by atoms with Crippen LogP contribution in [0.5, 0.6) is 5.75 Å². The van der Waals surface area contributed by atoms with Crippen LogP contribution in [0.4, 0.5) is 0 Å². The molecule has 0 bridgehead atoms. The molecule has 2 aromatic carbocycles. The van der Waals surface area contributed by atoms with Gasteiger partial charge in [-0.3, -0.25) is 4.79 Å². The van der Waals surface area contributed by atoms with Gasteiger partial charge in [0, 0.05) is 23.1 Å². The molecule has 2 rings (SSSR count). The van der Waals surface area contributed by atoms with Gasteiger partial charge in [-0.05, 0) is 37.6 Å². The number of thioether (sulfide) groups is 1. The van der Waals surface area contributed by atoms with Gasteiger partial charge >= 0.3 is 0 Å². The fourth-order valence-electron chi connectivity index (χ4n) is 2.06. The van der Waals surface area contributed by atoms with Gasteiger partial charge in [-0.2, -0.15) is 11.8 Å². The molecule has 24 heavy (non-hydrogen) atoms. The largest absolute Gasteiger partial charge is 0.481 e. The van der Waals surface area contributed by atoms with E-state index in [9.17, 15) is 4.79 Å². The van der Waals surface area contributed by atoms with Gasteiger partial charge in [0.2, 0.25) is 0 Å². The lowest BCUT2D eigenvalue weighted by Crippen LogP contribution is -2.37. The number of aryl methyl sites for hydroxylation is 1. The molecule has 0 saturated carbocycles. The molecule has 0 aliphatic rings. The molecule has 3 nitrogen and oxygen atoms in total. The molecule has 0 fully saturated rings. The first-order chi connectivity index (χ1) is 11.6. The fraction of sp³-hybridized carbons (Fsp3) is 0.316. The number of halogens is 1. The van der Waals surface area contributed by atoms with E-state index in [0.29, 0.717) is 12.3 Å². The monoisotopic (exact) mass is 363 g/mol. The first-order valence-electron chi connectivity index (χ1n) is 7.88. The molecule has 0 aromatic heterocycles. The second-order valence-electron chi connectivity index (χ2n) is 5.51. The summed E-state index contributed by atoms with van der Waals surface area (Å²) in [6.07, 6.45) is -0.513. The molecule has 0 heterocycles. The summed E-state index contributed by atoms with van der Waals surface area (Å²) in [7, 11) is 0. The van der Waals surface area contributed by atoms with Crippen LogP contribution in [0, 0.1) is 6.92 Å². The van der Waals surface area contributed by atoms with Crippen molar-refractivity contribution in [2.24, 2.45) is 0 Å². The predicted octanol–water partition coefficient (Wildman–Crippen LogP) is 4.47. The van der Waals surface area contributed by atoms with E-state index >= 15 is 0 Å². The van der Waals surface area contributed by atoms with Crippen LogP contribution < -0.4 is 10.1 Å². The zero-order chi connectivity index (χ0) is 17.4. The highest BCUT2D eigenvalue weighted by atomic mass is 35.5. The van der Waals surface area contributed by atoms with Crippen molar-refractivity contribution in [3.05, 3.63) is 64.7 Å². The Morgan fingerprint density at radius 2 is 1.92 bits per heavy atom. The minimum Gasteiger partial charge on any atom is -0.481 e. The fourth-order valence-corrected chi connectivity index (χ4v) is 3.21. The summed E-state index contributed by atoms with van der Waals surface area (Å²) < 4.78 is 5.64. The van der Waals surface area contributed by atoms with Crippen molar-refractivity contribution in [2.75, 3.05) is 12.3 Å². The number of nitrogens with one attached hydrogen (secondary N) is 1. The van der Waals surface area contributed by atoms with Gasteiger partial charge in [-0.1, -0.05) is 47.5 Å². The van der Waals surface area contributed by atoms with Crippen LogP contribution in [0.25, 0.3) is 0 Å². The molecular formula is C19H22ClNO2S. The number of ether oxygens (including phenoxy) is 1. The summed E-state index contributed by atoms with van der Waals surface area (Å²) in [5.41, 5.74) is 2.28. The number of carbonyl (C=O) groups is 1. The summed E-state index contributed by atoms with van der Waals surface area (Å²) in [5.74, 6) is 2.27. The molecule has 2 aromatic rings. The van der Waals surface area contributed by atoms with Crippen LogP contribution in [0.3, 0.4) is 0 Å². The van der Waals surface area contributed by atoms with Crippen molar-refractivity contribution in [3.63, 3.8) is 0 Å².